The Morgan fingerprint density at radius 2 is 1.33 bits per heavy atom. The minimum atomic E-state index is 0. The number of nitrogens with zero attached hydrogens (tertiary/aromatic N) is 3. The molecule has 0 amide bonds. The first-order chi connectivity index (χ1) is 20.4. The normalized spacial score (nSPS) is 11.3. The number of hydrogen-bond acceptors (Lipinski definition) is 5. The SMILES string of the molecule is [Ir].[c-]1ccc2c3c(oc2c1-c1ccccn1)Oc1ccccc1N3c1ccccc1.[c-]1ccccc1-c1ccccn1. The van der Waals surface area contributed by atoms with Gasteiger partial charge < -0.3 is 24.0 Å². The maximum atomic E-state index is 6.25. The Morgan fingerprint density at radius 3 is 2.07 bits per heavy atom. The summed E-state index contributed by atoms with van der Waals surface area (Å²) in [5.74, 6) is 1.23. The van der Waals surface area contributed by atoms with Crippen LogP contribution < -0.4 is 9.64 Å². The second kappa shape index (κ2) is 12.2. The van der Waals surface area contributed by atoms with Gasteiger partial charge in [0.15, 0.2) is 5.75 Å². The molecule has 42 heavy (non-hydrogen) atoms. The minimum Gasteiger partial charge on any atom is -0.472 e. The third-order valence-corrected chi connectivity index (χ3v) is 6.71. The van der Waals surface area contributed by atoms with Gasteiger partial charge in [0.25, 0.3) is 0 Å². The van der Waals surface area contributed by atoms with E-state index in [4.69, 9.17) is 9.15 Å². The molecule has 1 radical (unpaired) electrons. The molecular formula is C36H23IrN3O2-2. The average molecular weight is 722 g/mol. The Hall–Kier alpha value is -5.03. The number of aromatic nitrogens is 2. The zero-order valence-electron chi connectivity index (χ0n) is 22.3. The fourth-order valence-electron chi connectivity index (χ4n) is 4.88. The van der Waals surface area contributed by atoms with Crippen LogP contribution in [-0.4, -0.2) is 9.97 Å². The van der Waals surface area contributed by atoms with Crippen molar-refractivity contribution in [1.29, 1.82) is 0 Å². The molecule has 0 saturated heterocycles. The molecular weight excluding hydrogens is 699 g/mol. The molecule has 0 atom stereocenters. The van der Waals surface area contributed by atoms with E-state index < -0.39 is 0 Å². The van der Waals surface area contributed by atoms with Gasteiger partial charge in [0.05, 0.1) is 11.3 Å². The van der Waals surface area contributed by atoms with Crippen molar-refractivity contribution < 1.29 is 29.3 Å². The molecule has 6 heteroatoms. The van der Waals surface area contributed by atoms with E-state index in [1.807, 2.05) is 109 Å². The van der Waals surface area contributed by atoms with Crippen LogP contribution in [0.4, 0.5) is 17.1 Å². The number of hydrogen-bond donors (Lipinski definition) is 0. The van der Waals surface area contributed by atoms with Crippen LogP contribution in [0.5, 0.6) is 11.7 Å². The summed E-state index contributed by atoms with van der Waals surface area (Å²) < 4.78 is 12.4. The standard InChI is InChI=1S/C25H15N2O2.C11H8N.Ir/c1-2-9-17(10-3-1)27-21-14-4-5-15-22(21)28-25-23(27)19-12-8-11-18(24(19)29-25)20-13-6-7-16-26-20;1-2-6-10(7-3-1)11-8-4-5-9-12-11;/h1-10,12-16H;1-6,8-9H;/q2*-1;. The molecule has 4 aromatic carbocycles. The first-order valence-electron chi connectivity index (χ1n) is 13.3. The second-order valence-corrected chi connectivity index (χ2v) is 9.28. The summed E-state index contributed by atoms with van der Waals surface area (Å²) in [4.78, 5) is 10.9. The quantitative estimate of drug-likeness (QED) is 0.170. The van der Waals surface area contributed by atoms with Crippen molar-refractivity contribution in [2.75, 3.05) is 4.90 Å². The van der Waals surface area contributed by atoms with Crippen LogP contribution in [0.1, 0.15) is 0 Å². The molecule has 1 aliphatic heterocycles. The third kappa shape index (κ3) is 5.21. The average Bonchev–Trinajstić information content (AvgIpc) is 3.44. The van der Waals surface area contributed by atoms with E-state index in [2.05, 4.69) is 45.2 Å². The molecule has 0 bridgehead atoms. The fourth-order valence-corrected chi connectivity index (χ4v) is 4.88. The number of pyridine rings is 2. The summed E-state index contributed by atoms with van der Waals surface area (Å²) >= 11 is 0. The molecule has 1 aliphatic rings. The van der Waals surface area contributed by atoms with Gasteiger partial charge in [-0.2, -0.15) is 0 Å². The van der Waals surface area contributed by atoms with Crippen molar-refractivity contribution in [3.05, 3.63) is 152 Å². The molecule has 0 saturated carbocycles. The Labute approximate surface area is 257 Å². The fraction of sp³-hybridized carbons (Fsp3) is 0. The second-order valence-electron chi connectivity index (χ2n) is 9.28. The molecule has 0 unspecified atom stereocenters. The molecule has 0 N–H and O–H groups in total. The van der Waals surface area contributed by atoms with Gasteiger partial charge in [0, 0.05) is 38.2 Å². The van der Waals surface area contributed by atoms with E-state index in [1.165, 1.54) is 0 Å². The van der Waals surface area contributed by atoms with Crippen molar-refractivity contribution >= 4 is 28.0 Å². The third-order valence-electron chi connectivity index (χ3n) is 6.71. The molecule has 4 heterocycles. The Balaban J connectivity index is 0.000000205. The molecule has 8 rings (SSSR count). The molecule has 7 aromatic rings. The van der Waals surface area contributed by atoms with Gasteiger partial charge in [-0.05, 0) is 53.2 Å². The van der Waals surface area contributed by atoms with E-state index in [9.17, 15) is 0 Å². The maximum Gasteiger partial charge on any atom is 0.305 e. The van der Waals surface area contributed by atoms with Crippen LogP contribution in [0, 0.1) is 12.1 Å². The maximum absolute atomic E-state index is 6.25. The molecule has 0 spiro atoms. The Bertz CT molecular complexity index is 1870. The predicted octanol–water partition coefficient (Wildman–Crippen LogP) is 9.42. The van der Waals surface area contributed by atoms with Gasteiger partial charge >= 0.3 is 5.95 Å². The molecule has 0 aliphatic carbocycles. The molecule has 0 fully saturated rings. The smallest absolute Gasteiger partial charge is 0.305 e. The summed E-state index contributed by atoms with van der Waals surface area (Å²) in [5, 5.41) is 0.956. The largest absolute Gasteiger partial charge is 0.472 e. The summed E-state index contributed by atoms with van der Waals surface area (Å²) in [6.07, 6.45) is 3.56. The number of furan rings is 1. The van der Waals surface area contributed by atoms with E-state index in [0.717, 1.165) is 50.7 Å². The summed E-state index contributed by atoms with van der Waals surface area (Å²) in [5.41, 5.74) is 7.25. The van der Waals surface area contributed by atoms with Crippen LogP contribution in [0.2, 0.25) is 0 Å². The van der Waals surface area contributed by atoms with Crippen molar-refractivity contribution in [3.63, 3.8) is 0 Å². The van der Waals surface area contributed by atoms with Crippen molar-refractivity contribution in [2.45, 2.75) is 0 Å². The van der Waals surface area contributed by atoms with Crippen LogP contribution in [-0.2, 0) is 20.1 Å². The Kier molecular flexibility index (Phi) is 7.91. The van der Waals surface area contributed by atoms with Gasteiger partial charge in [0.2, 0.25) is 0 Å². The first kappa shape index (κ1) is 27.2. The van der Waals surface area contributed by atoms with Gasteiger partial charge in [-0.3, -0.25) is 0 Å². The van der Waals surface area contributed by atoms with E-state index in [0.29, 0.717) is 11.5 Å². The number of para-hydroxylation sites is 3. The number of fused-ring (bicyclic) bond motifs is 4. The van der Waals surface area contributed by atoms with Gasteiger partial charge in [0.1, 0.15) is 5.69 Å². The zero-order chi connectivity index (χ0) is 27.4. The molecule has 205 valence electrons. The van der Waals surface area contributed by atoms with E-state index in [1.54, 1.807) is 12.4 Å². The summed E-state index contributed by atoms with van der Waals surface area (Å²) in [6, 6.07) is 48.0. The number of rotatable bonds is 3. The Morgan fingerprint density at radius 1 is 0.619 bits per heavy atom. The van der Waals surface area contributed by atoms with Crippen LogP contribution in [0.3, 0.4) is 0 Å². The zero-order valence-corrected chi connectivity index (χ0v) is 24.7. The van der Waals surface area contributed by atoms with Gasteiger partial charge in [-0.25, -0.2) is 0 Å². The minimum absolute atomic E-state index is 0. The molecule has 5 nitrogen and oxygen atoms in total. The van der Waals surface area contributed by atoms with Crippen LogP contribution >= 0.6 is 0 Å². The summed E-state index contributed by atoms with van der Waals surface area (Å²) in [6.45, 7) is 0. The van der Waals surface area contributed by atoms with Gasteiger partial charge in [-0.15, -0.1) is 54.1 Å². The van der Waals surface area contributed by atoms with Crippen LogP contribution in [0.15, 0.2) is 144 Å². The van der Waals surface area contributed by atoms with E-state index >= 15 is 0 Å². The first-order valence-corrected chi connectivity index (χ1v) is 13.3. The van der Waals surface area contributed by atoms with E-state index in [-0.39, 0.29) is 20.1 Å². The number of anilines is 3. The van der Waals surface area contributed by atoms with Gasteiger partial charge in [-0.1, -0.05) is 60.2 Å². The topological polar surface area (TPSA) is 51.4 Å². The predicted molar refractivity (Wildman–Crippen MR) is 162 cm³/mol. The molecule has 3 aromatic heterocycles. The monoisotopic (exact) mass is 722 g/mol. The van der Waals surface area contributed by atoms with Crippen molar-refractivity contribution in [2.24, 2.45) is 0 Å². The van der Waals surface area contributed by atoms with Crippen molar-refractivity contribution in [1.82, 2.24) is 9.97 Å². The number of ether oxygens (including phenoxy) is 1. The van der Waals surface area contributed by atoms with Crippen molar-refractivity contribution in [3.8, 4) is 34.2 Å². The summed E-state index contributed by atoms with van der Waals surface area (Å²) in [7, 11) is 0. The number of benzene rings is 4. The van der Waals surface area contributed by atoms with Crippen LogP contribution in [0.25, 0.3) is 33.5 Å².